The molecule has 0 aliphatic carbocycles. The van der Waals surface area contributed by atoms with Crippen LogP contribution in [0.25, 0.3) is 0 Å². The predicted molar refractivity (Wildman–Crippen MR) is 113 cm³/mol. The lowest BCUT2D eigenvalue weighted by molar-refractivity contribution is -0.135. The van der Waals surface area contributed by atoms with Crippen LogP contribution in [-0.2, 0) is 4.79 Å². The Morgan fingerprint density at radius 1 is 0.931 bits per heavy atom. The SMILES string of the molecule is O=C(Nc1cccc(C(=O)N2CCC(C(=O)N3CCCC3)CC2)c1)c1cccs1. The number of benzene rings is 1. The number of thiophene rings is 1. The Kier molecular flexibility index (Phi) is 5.94. The van der Waals surface area contributed by atoms with Gasteiger partial charge in [0.05, 0.1) is 4.88 Å². The highest BCUT2D eigenvalue weighted by atomic mass is 32.1. The Bertz CT molecular complexity index is 882. The highest BCUT2D eigenvalue weighted by Gasteiger charge is 2.31. The molecule has 2 saturated heterocycles. The van der Waals surface area contributed by atoms with E-state index >= 15 is 0 Å². The van der Waals surface area contributed by atoms with E-state index in [4.69, 9.17) is 0 Å². The fraction of sp³-hybridized carbons (Fsp3) is 0.409. The molecule has 3 heterocycles. The van der Waals surface area contributed by atoms with E-state index in [0.717, 1.165) is 38.8 Å². The summed E-state index contributed by atoms with van der Waals surface area (Å²) in [6.45, 7) is 2.94. The molecule has 0 atom stereocenters. The van der Waals surface area contributed by atoms with E-state index in [-0.39, 0.29) is 23.6 Å². The van der Waals surface area contributed by atoms with Gasteiger partial charge in [-0.15, -0.1) is 11.3 Å². The molecule has 7 heteroatoms. The molecule has 4 rings (SSSR count). The van der Waals surface area contributed by atoms with Gasteiger partial charge in [-0.25, -0.2) is 0 Å². The minimum absolute atomic E-state index is 0.0357. The molecule has 0 bridgehead atoms. The molecule has 2 aliphatic rings. The molecule has 2 aromatic rings. The quantitative estimate of drug-likeness (QED) is 0.837. The molecule has 0 radical (unpaired) electrons. The van der Waals surface area contributed by atoms with Crippen molar-refractivity contribution in [3.63, 3.8) is 0 Å². The normalized spacial score (nSPS) is 17.4. The molecule has 1 aromatic heterocycles. The summed E-state index contributed by atoms with van der Waals surface area (Å²) in [5.74, 6) is 0.0663. The predicted octanol–water partition coefficient (Wildman–Crippen LogP) is 3.48. The first-order valence-electron chi connectivity index (χ1n) is 10.1. The van der Waals surface area contributed by atoms with E-state index in [1.54, 1.807) is 30.3 Å². The van der Waals surface area contributed by atoms with E-state index in [0.29, 0.717) is 29.2 Å². The van der Waals surface area contributed by atoms with Crippen LogP contribution in [0.1, 0.15) is 45.7 Å². The Labute approximate surface area is 174 Å². The molecular formula is C22H25N3O3S. The molecule has 2 aliphatic heterocycles. The summed E-state index contributed by atoms with van der Waals surface area (Å²) in [6.07, 6.45) is 3.64. The molecule has 0 spiro atoms. The van der Waals surface area contributed by atoms with Crippen molar-refractivity contribution < 1.29 is 14.4 Å². The Morgan fingerprint density at radius 2 is 1.69 bits per heavy atom. The van der Waals surface area contributed by atoms with Crippen molar-refractivity contribution in [2.45, 2.75) is 25.7 Å². The third-order valence-electron chi connectivity index (χ3n) is 5.66. The summed E-state index contributed by atoms with van der Waals surface area (Å²) in [5, 5.41) is 4.70. The van der Waals surface area contributed by atoms with Gasteiger partial charge in [0.2, 0.25) is 5.91 Å². The standard InChI is InChI=1S/C22H25N3O3S/c26-20(19-7-4-14-29-19)23-18-6-3-5-17(15-18)22(28)25-12-8-16(9-13-25)21(27)24-10-1-2-11-24/h3-7,14-16H,1-2,8-13H2,(H,23,26). The van der Waals surface area contributed by atoms with Gasteiger partial charge in [-0.05, 0) is 55.3 Å². The van der Waals surface area contributed by atoms with E-state index in [1.165, 1.54) is 11.3 Å². The lowest BCUT2D eigenvalue weighted by Gasteiger charge is -2.33. The van der Waals surface area contributed by atoms with Gasteiger partial charge >= 0.3 is 0 Å². The molecule has 152 valence electrons. The van der Waals surface area contributed by atoms with Gasteiger partial charge in [0, 0.05) is 43.3 Å². The van der Waals surface area contributed by atoms with Crippen LogP contribution in [0.2, 0.25) is 0 Å². The van der Waals surface area contributed by atoms with E-state index in [9.17, 15) is 14.4 Å². The maximum absolute atomic E-state index is 12.9. The first-order valence-corrected chi connectivity index (χ1v) is 11.0. The van der Waals surface area contributed by atoms with Gasteiger partial charge < -0.3 is 15.1 Å². The van der Waals surface area contributed by atoms with E-state index < -0.39 is 0 Å². The van der Waals surface area contributed by atoms with Crippen molar-refractivity contribution >= 4 is 34.7 Å². The summed E-state index contributed by atoms with van der Waals surface area (Å²) in [7, 11) is 0. The van der Waals surface area contributed by atoms with Gasteiger partial charge in [0.1, 0.15) is 0 Å². The number of rotatable bonds is 4. The molecule has 29 heavy (non-hydrogen) atoms. The second-order valence-electron chi connectivity index (χ2n) is 7.61. The van der Waals surface area contributed by atoms with Crippen molar-refractivity contribution in [1.29, 1.82) is 0 Å². The minimum Gasteiger partial charge on any atom is -0.342 e. The van der Waals surface area contributed by atoms with Gasteiger partial charge in [-0.3, -0.25) is 14.4 Å². The van der Waals surface area contributed by atoms with Crippen LogP contribution in [0.3, 0.4) is 0 Å². The van der Waals surface area contributed by atoms with Crippen LogP contribution in [-0.4, -0.2) is 53.7 Å². The van der Waals surface area contributed by atoms with Gasteiger partial charge in [-0.1, -0.05) is 12.1 Å². The second-order valence-corrected chi connectivity index (χ2v) is 8.56. The van der Waals surface area contributed by atoms with Gasteiger partial charge in [0.25, 0.3) is 11.8 Å². The molecular weight excluding hydrogens is 386 g/mol. The average molecular weight is 412 g/mol. The number of carbonyl (C=O) groups is 3. The highest BCUT2D eigenvalue weighted by molar-refractivity contribution is 7.12. The van der Waals surface area contributed by atoms with Crippen molar-refractivity contribution in [2.75, 3.05) is 31.5 Å². The maximum Gasteiger partial charge on any atom is 0.265 e. The zero-order valence-corrected chi connectivity index (χ0v) is 17.1. The largest absolute Gasteiger partial charge is 0.342 e. The third-order valence-corrected chi connectivity index (χ3v) is 6.53. The average Bonchev–Trinajstić information content (AvgIpc) is 3.47. The summed E-state index contributed by atoms with van der Waals surface area (Å²) >= 11 is 1.38. The number of nitrogens with one attached hydrogen (secondary N) is 1. The number of hydrogen-bond donors (Lipinski definition) is 1. The number of carbonyl (C=O) groups excluding carboxylic acids is 3. The van der Waals surface area contributed by atoms with Crippen LogP contribution < -0.4 is 5.32 Å². The van der Waals surface area contributed by atoms with Crippen molar-refractivity contribution in [2.24, 2.45) is 5.92 Å². The summed E-state index contributed by atoms with van der Waals surface area (Å²) in [4.78, 5) is 42.1. The van der Waals surface area contributed by atoms with E-state index in [2.05, 4.69) is 5.32 Å². The van der Waals surface area contributed by atoms with Crippen LogP contribution >= 0.6 is 11.3 Å². The molecule has 0 unspecified atom stereocenters. The van der Waals surface area contributed by atoms with Crippen molar-refractivity contribution in [1.82, 2.24) is 9.80 Å². The first kappa shape index (κ1) is 19.6. The van der Waals surface area contributed by atoms with Crippen molar-refractivity contribution in [3.05, 3.63) is 52.2 Å². The first-order chi connectivity index (χ1) is 14.1. The zero-order valence-electron chi connectivity index (χ0n) is 16.3. The number of anilines is 1. The minimum atomic E-state index is -0.175. The number of amides is 3. The summed E-state index contributed by atoms with van der Waals surface area (Å²) < 4.78 is 0. The Morgan fingerprint density at radius 3 is 2.38 bits per heavy atom. The smallest absolute Gasteiger partial charge is 0.265 e. The molecule has 6 nitrogen and oxygen atoms in total. The van der Waals surface area contributed by atoms with Crippen LogP contribution in [0, 0.1) is 5.92 Å². The van der Waals surface area contributed by atoms with Crippen LogP contribution in [0.4, 0.5) is 5.69 Å². The molecule has 2 fully saturated rings. The number of piperidine rings is 1. The monoisotopic (exact) mass is 411 g/mol. The van der Waals surface area contributed by atoms with Crippen LogP contribution in [0.5, 0.6) is 0 Å². The molecule has 1 aromatic carbocycles. The fourth-order valence-corrected chi connectivity index (χ4v) is 4.66. The lowest BCUT2D eigenvalue weighted by Crippen LogP contribution is -2.43. The second kappa shape index (κ2) is 8.78. The van der Waals surface area contributed by atoms with E-state index in [1.807, 2.05) is 21.2 Å². The van der Waals surface area contributed by atoms with Gasteiger partial charge in [-0.2, -0.15) is 0 Å². The van der Waals surface area contributed by atoms with Gasteiger partial charge in [0.15, 0.2) is 0 Å². The number of hydrogen-bond acceptors (Lipinski definition) is 4. The maximum atomic E-state index is 12.9. The number of nitrogens with zero attached hydrogens (tertiary/aromatic N) is 2. The highest BCUT2D eigenvalue weighted by Crippen LogP contribution is 2.24. The summed E-state index contributed by atoms with van der Waals surface area (Å²) in [5.41, 5.74) is 1.16. The van der Waals surface area contributed by atoms with Crippen LogP contribution in [0.15, 0.2) is 41.8 Å². The lowest BCUT2D eigenvalue weighted by atomic mass is 9.95. The number of likely N-dealkylation sites (tertiary alicyclic amines) is 2. The Balaban J connectivity index is 1.35. The molecule has 1 N–H and O–H groups in total. The Hall–Kier alpha value is -2.67. The molecule has 3 amide bonds. The van der Waals surface area contributed by atoms with Crippen molar-refractivity contribution in [3.8, 4) is 0 Å². The third kappa shape index (κ3) is 4.50. The fourth-order valence-electron chi connectivity index (χ4n) is 4.04. The topological polar surface area (TPSA) is 69.7 Å². The molecule has 0 saturated carbocycles. The summed E-state index contributed by atoms with van der Waals surface area (Å²) in [6, 6.07) is 10.6. The zero-order chi connectivity index (χ0) is 20.2.